The molecule has 0 saturated heterocycles. The largest absolute Gasteiger partial charge is 0.379 e. The van der Waals surface area contributed by atoms with E-state index in [2.05, 4.69) is 38.0 Å². The van der Waals surface area contributed by atoms with E-state index in [1.54, 1.807) is 7.11 Å². The van der Waals surface area contributed by atoms with Crippen molar-refractivity contribution in [3.63, 3.8) is 0 Å². The predicted molar refractivity (Wildman–Crippen MR) is 57.1 cm³/mol. The third kappa shape index (κ3) is 6.99. The van der Waals surface area contributed by atoms with Crippen molar-refractivity contribution in [2.24, 2.45) is 0 Å². The summed E-state index contributed by atoms with van der Waals surface area (Å²) in [4.78, 5) is 2.26. The Morgan fingerprint density at radius 1 is 1.38 bits per heavy atom. The van der Waals surface area contributed by atoms with Crippen molar-refractivity contribution in [3.8, 4) is 0 Å². The summed E-state index contributed by atoms with van der Waals surface area (Å²) in [6, 6.07) is 0.532. The number of nitrogens with zero attached hydrogens (tertiary/aromatic N) is 1. The van der Waals surface area contributed by atoms with Crippen LogP contribution in [-0.2, 0) is 4.74 Å². The van der Waals surface area contributed by atoms with Gasteiger partial charge in [0.2, 0.25) is 0 Å². The van der Waals surface area contributed by atoms with Gasteiger partial charge in [0.15, 0.2) is 0 Å². The molecule has 0 aromatic carbocycles. The second-order valence-corrected chi connectivity index (χ2v) is 3.78. The Morgan fingerprint density at radius 2 is 2.00 bits per heavy atom. The van der Waals surface area contributed by atoms with Crippen LogP contribution in [0.2, 0.25) is 0 Å². The van der Waals surface area contributed by atoms with Gasteiger partial charge >= 0.3 is 0 Å². The first-order chi connectivity index (χ1) is 6.10. The molecule has 3 heteroatoms. The normalized spacial score (nSPS) is 14.1. The van der Waals surface area contributed by atoms with Gasteiger partial charge in [-0.25, -0.2) is 0 Å². The number of hydrogen-bond donors (Lipinski definition) is 1. The van der Waals surface area contributed by atoms with E-state index in [1.807, 2.05) is 0 Å². The lowest BCUT2D eigenvalue weighted by atomic mass is 10.3. The summed E-state index contributed by atoms with van der Waals surface area (Å²) in [5.41, 5.74) is 0. The van der Waals surface area contributed by atoms with Crippen molar-refractivity contribution in [3.05, 3.63) is 0 Å². The minimum Gasteiger partial charge on any atom is -0.379 e. The molecule has 0 spiro atoms. The molecule has 0 radical (unpaired) electrons. The van der Waals surface area contributed by atoms with E-state index in [0.717, 1.165) is 19.6 Å². The van der Waals surface area contributed by atoms with Crippen molar-refractivity contribution >= 4 is 0 Å². The van der Waals surface area contributed by atoms with Crippen LogP contribution in [-0.4, -0.2) is 50.8 Å². The van der Waals surface area contributed by atoms with Crippen LogP contribution in [0.5, 0.6) is 0 Å². The molecule has 1 atom stereocenters. The van der Waals surface area contributed by atoms with E-state index in [9.17, 15) is 0 Å². The molecule has 0 saturated carbocycles. The smallest absolute Gasteiger partial charge is 0.0822 e. The Kier molecular flexibility index (Phi) is 7.23. The van der Waals surface area contributed by atoms with E-state index >= 15 is 0 Å². The fourth-order valence-corrected chi connectivity index (χ4v) is 1.07. The van der Waals surface area contributed by atoms with Gasteiger partial charge in [0.1, 0.15) is 0 Å². The number of nitrogens with one attached hydrogen (secondary N) is 1. The quantitative estimate of drug-likeness (QED) is 0.644. The molecular formula is C10H24N2O. The lowest BCUT2D eigenvalue weighted by molar-refractivity contribution is 0.0715. The second-order valence-electron chi connectivity index (χ2n) is 3.78. The highest BCUT2D eigenvalue weighted by Gasteiger charge is 2.09. The molecule has 0 aromatic heterocycles. The molecule has 13 heavy (non-hydrogen) atoms. The van der Waals surface area contributed by atoms with Gasteiger partial charge in [-0.2, -0.15) is 0 Å². The fourth-order valence-electron chi connectivity index (χ4n) is 1.07. The Hall–Kier alpha value is -0.120. The first-order valence-electron chi connectivity index (χ1n) is 5.04. The van der Waals surface area contributed by atoms with Gasteiger partial charge in [0, 0.05) is 26.2 Å². The van der Waals surface area contributed by atoms with Crippen molar-refractivity contribution in [1.29, 1.82) is 0 Å². The summed E-state index contributed by atoms with van der Waals surface area (Å²) in [6.45, 7) is 9.45. The van der Waals surface area contributed by atoms with Crippen molar-refractivity contribution in [1.82, 2.24) is 10.2 Å². The molecule has 0 fully saturated rings. The summed E-state index contributed by atoms with van der Waals surface area (Å²) in [5, 5.41) is 3.37. The van der Waals surface area contributed by atoms with Crippen molar-refractivity contribution < 1.29 is 4.74 Å². The average molecular weight is 188 g/mol. The van der Waals surface area contributed by atoms with Crippen LogP contribution in [0.4, 0.5) is 0 Å². The van der Waals surface area contributed by atoms with Gasteiger partial charge in [-0.05, 0) is 13.6 Å². The first kappa shape index (κ1) is 12.9. The minimum atomic E-state index is 0.298. The van der Waals surface area contributed by atoms with E-state index in [0.29, 0.717) is 12.1 Å². The Balaban J connectivity index is 3.62. The number of ether oxygens (including phenoxy) is 1. The Morgan fingerprint density at radius 3 is 2.38 bits per heavy atom. The molecule has 1 unspecified atom stereocenters. The van der Waals surface area contributed by atoms with Gasteiger partial charge in [-0.1, -0.05) is 20.8 Å². The standard InChI is InChI=1S/C10H24N2O/c1-6-12(4)8-10(13-5)7-11-9(2)3/h9-11H,6-8H2,1-5H3. The van der Waals surface area contributed by atoms with Gasteiger partial charge in [0.05, 0.1) is 6.10 Å². The summed E-state index contributed by atoms with van der Waals surface area (Å²) < 4.78 is 5.37. The zero-order valence-electron chi connectivity index (χ0n) is 9.63. The number of methoxy groups -OCH3 is 1. The topological polar surface area (TPSA) is 24.5 Å². The highest BCUT2D eigenvalue weighted by Crippen LogP contribution is 1.93. The Labute approximate surface area is 82.4 Å². The fraction of sp³-hybridized carbons (Fsp3) is 1.00. The van der Waals surface area contributed by atoms with Gasteiger partial charge in [0.25, 0.3) is 0 Å². The molecule has 0 heterocycles. The predicted octanol–water partition coefficient (Wildman–Crippen LogP) is 0.951. The SMILES string of the molecule is CCN(C)CC(CNC(C)C)OC. The van der Waals surface area contributed by atoms with Crippen LogP contribution in [0, 0.1) is 0 Å². The van der Waals surface area contributed by atoms with Gasteiger partial charge < -0.3 is 15.0 Å². The molecular weight excluding hydrogens is 164 g/mol. The molecule has 0 aliphatic heterocycles. The van der Waals surface area contributed by atoms with Crippen LogP contribution in [0.1, 0.15) is 20.8 Å². The molecule has 1 N–H and O–H groups in total. The monoisotopic (exact) mass is 188 g/mol. The molecule has 80 valence electrons. The van der Waals surface area contributed by atoms with Crippen molar-refractivity contribution in [2.75, 3.05) is 33.8 Å². The lowest BCUT2D eigenvalue weighted by Crippen LogP contribution is -2.39. The molecule has 0 bridgehead atoms. The van der Waals surface area contributed by atoms with Gasteiger partial charge in [-0.3, -0.25) is 0 Å². The lowest BCUT2D eigenvalue weighted by Gasteiger charge is -2.23. The number of likely N-dealkylation sites (N-methyl/N-ethyl adjacent to an activating group) is 1. The highest BCUT2D eigenvalue weighted by molar-refractivity contribution is 4.66. The average Bonchev–Trinajstić information content (AvgIpc) is 2.11. The molecule has 0 aliphatic carbocycles. The molecule has 0 aromatic rings. The highest BCUT2D eigenvalue weighted by atomic mass is 16.5. The summed E-state index contributed by atoms with van der Waals surface area (Å²) in [6.07, 6.45) is 0.298. The maximum absolute atomic E-state index is 5.37. The molecule has 3 nitrogen and oxygen atoms in total. The van der Waals surface area contributed by atoms with Crippen molar-refractivity contribution in [2.45, 2.75) is 32.9 Å². The zero-order chi connectivity index (χ0) is 10.3. The number of hydrogen-bond acceptors (Lipinski definition) is 3. The first-order valence-corrected chi connectivity index (χ1v) is 5.04. The Bertz CT molecular complexity index is 117. The summed E-state index contributed by atoms with van der Waals surface area (Å²) >= 11 is 0. The van der Waals surface area contributed by atoms with Crippen LogP contribution < -0.4 is 5.32 Å². The number of rotatable bonds is 7. The van der Waals surface area contributed by atoms with Crippen LogP contribution in [0.25, 0.3) is 0 Å². The zero-order valence-corrected chi connectivity index (χ0v) is 9.63. The summed E-state index contributed by atoms with van der Waals surface area (Å²) in [7, 11) is 3.89. The molecule has 0 aliphatic rings. The maximum Gasteiger partial charge on any atom is 0.0822 e. The third-order valence-corrected chi connectivity index (χ3v) is 2.14. The van der Waals surface area contributed by atoms with Crippen LogP contribution in [0.3, 0.4) is 0 Å². The summed E-state index contributed by atoms with van der Waals surface area (Å²) in [5.74, 6) is 0. The minimum absolute atomic E-state index is 0.298. The second kappa shape index (κ2) is 7.30. The maximum atomic E-state index is 5.37. The molecule has 0 rings (SSSR count). The van der Waals surface area contributed by atoms with E-state index in [1.165, 1.54) is 0 Å². The van der Waals surface area contributed by atoms with E-state index < -0.39 is 0 Å². The van der Waals surface area contributed by atoms with E-state index in [-0.39, 0.29) is 0 Å². The van der Waals surface area contributed by atoms with Crippen LogP contribution >= 0.6 is 0 Å². The van der Waals surface area contributed by atoms with Crippen LogP contribution in [0.15, 0.2) is 0 Å². The molecule has 0 amide bonds. The van der Waals surface area contributed by atoms with E-state index in [4.69, 9.17) is 4.74 Å². The van der Waals surface area contributed by atoms with Gasteiger partial charge in [-0.15, -0.1) is 0 Å². The third-order valence-electron chi connectivity index (χ3n) is 2.14.